The van der Waals surface area contributed by atoms with Crippen molar-refractivity contribution in [2.24, 2.45) is 0 Å². The molecular weight excluding hydrogens is 286 g/mol. The summed E-state index contributed by atoms with van der Waals surface area (Å²) in [6, 6.07) is 7.39. The zero-order valence-corrected chi connectivity index (χ0v) is 13.1. The molecular formula is C16H23NO3S. The van der Waals surface area contributed by atoms with Crippen molar-refractivity contribution in [3.05, 3.63) is 29.8 Å². The van der Waals surface area contributed by atoms with Crippen LogP contribution in [0.5, 0.6) is 0 Å². The van der Waals surface area contributed by atoms with E-state index in [1.54, 1.807) is 12.1 Å². The first-order valence-electron chi connectivity index (χ1n) is 7.85. The second kappa shape index (κ2) is 6.07. The summed E-state index contributed by atoms with van der Waals surface area (Å²) in [7, 11) is -3.45. The number of aliphatic hydroxyl groups excluding tert-OH is 1. The maximum atomic E-state index is 12.5. The summed E-state index contributed by atoms with van der Waals surface area (Å²) < 4.78 is 26.3. The average molecular weight is 309 g/mol. The first-order valence-corrected chi connectivity index (χ1v) is 9.29. The molecule has 21 heavy (non-hydrogen) atoms. The van der Waals surface area contributed by atoms with Gasteiger partial charge in [0.2, 0.25) is 10.0 Å². The number of hydrogen-bond donors (Lipinski definition) is 1. The van der Waals surface area contributed by atoms with Crippen LogP contribution in [0.15, 0.2) is 29.2 Å². The fraction of sp³-hybridized carbons (Fsp3) is 0.625. The third-order valence-electron chi connectivity index (χ3n) is 4.72. The summed E-state index contributed by atoms with van der Waals surface area (Å²) in [5.41, 5.74) is 1.26. The molecule has 0 aromatic heterocycles. The zero-order valence-electron chi connectivity index (χ0n) is 12.2. The first-order chi connectivity index (χ1) is 10.1. The van der Waals surface area contributed by atoms with Crippen molar-refractivity contribution in [1.29, 1.82) is 0 Å². The molecule has 2 aliphatic rings. The number of nitrogens with zero attached hydrogens (tertiary/aromatic N) is 1. The Morgan fingerprint density at radius 2 is 1.67 bits per heavy atom. The fourth-order valence-corrected chi connectivity index (χ4v) is 4.92. The Morgan fingerprint density at radius 3 is 2.24 bits per heavy atom. The van der Waals surface area contributed by atoms with E-state index >= 15 is 0 Å². The normalized spacial score (nSPS) is 25.3. The molecule has 1 aliphatic heterocycles. The van der Waals surface area contributed by atoms with Crippen LogP contribution in [-0.4, -0.2) is 37.0 Å². The Kier molecular flexibility index (Phi) is 4.33. The van der Waals surface area contributed by atoms with Gasteiger partial charge in [-0.15, -0.1) is 0 Å². The summed E-state index contributed by atoms with van der Waals surface area (Å²) in [5.74, 6) is 0.587. The number of hydrogen-bond acceptors (Lipinski definition) is 3. The van der Waals surface area contributed by atoms with E-state index in [0.29, 0.717) is 23.8 Å². The maximum absolute atomic E-state index is 12.5. The summed E-state index contributed by atoms with van der Waals surface area (Å²) >= 11 is 0. The van der Waals surface area contributed by atoms with Crippen molar-refractivity contribution in [2.75, 3.05) is 13.1 Å². The highest BCUT2D eigenvalue weighted by Gasteiger charge is 2.31. The van der Waals surface area contributed by atoms with Gasteiger partial charge in [-0.05, 0) is 42.9 Å². The lowest BCUT2D eigenvalue weighted by Gasteiger charge is -2.22. The van der Waals surface area contributed by atoms with E-state index < -0.39 is 16.1 Å². The number of β-amino-alcohol motifs (C(OH)–C–C–N with tert-alkyl or cyclic N) is 1. The molecule has 1 atom stereocenters. The van der Waals surface area contributed by atoms with E-state index in [-0.39, 0.29) is 6.54 Å². The largest absolute Gasteiger partial charge is 0.392 e. The van der Waals surface area contributed by atoms with E-state index in [4.69, 9.17) is 0 Å². The van der Waals surface area contributed by atoms with E-state index in [2.05, 4.69) is 0 Å². The molecule has 0 bridgehead atoms. The zero-order chi connectivity index (χ0) is 14.9. The van der Waals surface area contributed by atoms with Crippen LogP contribution in [-0.2, 0) is 10.0 Å². The van der Waals surface area contributed by atoms with Gasteiger partial charge in [-0.3, -0.25) is 0 Å². The third kappa shape index (κ3) is 3.15. The highest BCUT2D eigenvalue weighted by atomic mass is 32.2. The number of aliphatic hydroxyl groups is 1. The molecule has 1 saturated heterocycles. The van der Waals surface area contributed by atoms with Crippen molar-refractivity contribution in [3.63, 3.8) is 0 Å². The van der Waals surface area contributed by atoms with Crippen LogP contribution in [0.4, 0.5) is 0 Å². The molecule has 5 heteroatoms. The van der Waals surface area contributed by atoms with Crippen LogP contribution in [0.3, 0.4) is 0 Å². The summed E-state index contributed by atoms with van der Waals surface area (Å²) in [6.45, 7) is 0.626. The molecule has 1 saturated carbocycles. The van der Waals surface area contributed by atoms with E-state index in [9.17, 15) is 13.5 Å². The molecule has 0 radical (unpaired) electrons. The predicted molar refractivity (Wildman–Crippen MR) is 81.7 cm³/mol. The molecule has 2 fully saturated rings. The van der Waals surface area contributed by atoms with Gasteiger partial charge >= 0.3 is 0 Å². The van der Waals surface area contributed by atoms with Crippen molar-refractivity contribution < 1.29 is 13.5 Å². The lowest BCUT2D eigenvalue weighted by Crippen LogP contribution is -2.29. The predicted octanol–water partition coefficient (Wildman–Crippen LogP) is 2.49. The Hall–Kier alpha value is -0.910. The monoisotopic (exact) mass is 309 g/mol. The van der Waals surface area contributed by atoms with Gasteiger partial charge in [0.15, 0.2) is 0 Å². The van der Waals surface area contributed by atoms with Crippen LogP contribution < -0.4 is 0 Å². The van der Waals surface area contributed by atoms with Crippen LogP contribution in [0.25, 0.3) is 0 Å². The minimum atomic E-state index is -3.45. The summed E-state index contributed by atoms with van der Waals surface area (Å²) in [5, 5.41) is 9.52. The summed E-state index contributed by atoms with van der Waals surface area (Å²) in [6.07, 6.45) is 6.29. The van der Waals surface area contributed by atoms with Gasteiger partial charge in [-0.25, -0.2) is 8.42 Å². The van der Waals surface area contributed by atoms with Crippen molar-refractivity contribution in [3.8, 4) is 0 Å². The average Bonchev–Trinajstić information content (AvgIpc) is 2.96. The van der Waals surface area contributed by atoms with E-state index in [1.165, 1.54) is 42.0 Å². The van der Waals surface area contributed by atoms with Gasteiger partial charge in [0.05, 0.1) is 11.0 Å². The molecule has 0 unspecified atom stereocenters. The lowest BCUT2D eigenvalue weighted by molar-refractivity contribution is 0.189. The smallest absolute Gasteiger partial charge is 0.243 e. The van der Waals surface area contributed by atoms with Crippen molar-refractivity contribution >= 4 is 10.0 Å². The Labute approximate surface area is 126 Å². The molecule has 0 spiro atoms. The van der Waals surface area contributed by atoms with Crippen molar-refractivity contribution in [2.45, 2.75) is 55.4 Å². The second-order valence-electron chi connectivity index (χ2n) is 6.21. The topological polar surface area (TPSA) is 57.6 Å². The molecule has 1 aromatic carbocycles. The molecule has 4 nitrogen and oxygen atoms in total. The SMILES string of the molecule is O=S(=O)(c1ccc(C2CCCCC2)cc1)N1CC[C@@H](O)C1. The number of sulfonamides is 1. The van der Waals surface area contributed by atoms with Gasteiger partial charge in [0, 0.05) is 13.1 Å². The first kappa shape index (κ1) is 15.0. The highest BCUT2D eigenvalue weighted by molar-refractivity contribution is 7.89. The van der Waals surface area contributed by atoms with Gasteiger partial charge in [-0.1, -0.05) is 31.4 Å². The molecule has 1 aromatic rings. The van der Waals surface area contributed by atoms with E-state index in [0.717, 1.165) is 0 Å². The molecule has 0 amide bonds. The molecule has 1 N–H and O–H groups in total. The second-order valence-corrected chi connectivity index (χ2v) is 8.15. The Balaban J connectivity index is 1.77. The molecule has 3 rings (SSSR count). The molecule has 1 heterocycles. The maximum Gasteiger partial charge on any atom is 0.243 e. The summed E-state index contributed by atoms with van der Waals surface area (Å²) in [4.78, 5) is 0.344. The van der Waals surface area contributed by atoms with Gasteiger partial charge in [0.1, 0.15) is 0 Å². The number of benzene rings is 1. The van der Waals surface area contributed by atoms with Gasteiger partial charge in [0.25, 0.3) is 0 Å². The number of rotatable bonds is 3. The third-order valence-corrected chi connectivity index (χ3v) is 6.60. The Bertz CT molecular complexity index is 576. The standard InChI is InChI=1S/C16H23NO3S/c18-15-10-11-17(12-15)21(19,20)16-8-6-14(7-9-16)13-4-2-1-3-5-13/h6-9,13,15,18H,1-5,10-12H2/t15-/m1/s1. The lowest BCUT2D eigenvalue weighted by atomic mass is 9.84. The minimum absolute atomic E-state index is 0.215. The van der Waals surface area contributed by atoms with Crippen LogP contribution in [0, 0.1) is 0 Å². The van der Waals surface area contributed by atoms with Crippen molar-refractivity contribution in [1.82, 2.24) is 4.31 Å². The minimum Gasteiger partial charge on any atom is -0.392 e. The Morgan fingerprint density at radius 1 is 1.00 bits per heavy atom. The van der Waals surface area contributed by atoms with E-state index in [1.807, 2.05) is 12.1 Å². The van der Waals surface area contributed by atoms with Gasteiger partial charge < -0.3 is 5.11 Å². The quantitative estimate of drug-likeness (QED) is 0.933. The van der Waals surface area contributed by atoms with Crippen LogP contribution in [0.1, 0.15) is 50.0 Å². The molecule has 116 valence electrons. The fourth-order valence-electron chi connectivity index (χ4n) is 3.43. The van der Waals surface area contributed by atoms with Crippen LogP contribution >= 0.6 is 0 Å². The van der Waals surface area contributed by atoms with Crippen LogP contribution in [0.2, 0.25) is 0 Å². The van der Waals surface area contributed by atoms with Gasteiger partial charge in [-0.2, -0.15) is 4.31 Å². The highest BCUT2D eigenvalue weighted by Crippen LogP contribution is 2.33. The molecule has 1 aliphatic carbocycles.